The minimum absolute atomic E-state index is 0.00101. The summed E-state index contributed by atoms with van der Waals surface area (Å²) in [6, 6.07) is 0. The molecule has 2 N–H and O–H groups in total. The number of fused-ring (bicyclic) bond motifs is 5. The Hall–Kier alpha value is -0.930. The molecule has 0 aromatic carbocycles. The van der Waals surface area contributed by atoms with Gasteiger partial charge in [-0.15, -0.1) is 0 Å². The van der Waals surface area contributed by atoms with E-state index in [1.54, 1.807) is 0 Å². The number of aliphatic hydroxyl groups excluding tert-OH is 2. The van der Waals surface area contributed by atoms with Gasteiger partial charge in [0, 0.05) is 6.42 Å². The first kappa shape index (κ1) is 16.5. The molecule has 0 amide bonds. The SMILES string of the molecule is C[C@]12CCC(=O)C=C1CC[C@@H]1[C@@H]2C(O)C[C@]2(C)C(=CCO)CC[C@@H]12. The molecule has 1 unspecified atom stereocenters. The molecule has 0 radical (unpaired) electrons. The fourth-order valence-electron chi connectivity index (χ4n) is 6.98. The van der Waals surface area contributed by atoms with Crippen molar-refractivity contribution in [2.75, 3.05) is 6.61 Å². The Kier molecular flexibility index (Phi) is 3.81. The van der Waals surface area contributed by atoms with Gasteiger partial charge in [0.15, 0.2) is 5.78 Å². The van der Waals surface area contributed by atoms with Crippen molar-refractivity contribution in [3.63, 3.8) is 0 Å². The lowest BCUT2D eigenvalue weighted by molar-refractivity contribution is -0.124. The van der Waals surface area contributed by atoms with Crippen LogP contribution in [-0.4, -0.2) is 28.7 Å². The van der Waals surface area contributed by atoms with Crippen molar-refractivity contribution in [2.45, 2.75) is 64.9 Å². The van der Waals surface area contributed by atoms with Gasteiger partial charge in [0.25, 0.3) is 0 Å². The van der Waals surface area contributed by atoms with E-state index in [2.05, 4.69) is 13.8 Å². The highest BCUT2D eigenvalue weighted by molar-refractivity contribution is 5.91. The summed E-state index contributed by atoms with van der Waals surface area (Å²) in [6.07, 6.45) is 10.3. The standard InChI is InChI=1S/C21H30O3/c1-20-9-7-15(23)11-14(20)3-5-16-17-6-4-13(8-10-22)21(17,2)12-18(24)19(16)20/h8,11,16-19,22,24H,3-7,9-10,12H2,1-2H3/t16-,17-,18?,19+,20-,21+/m0/s1. The largest absolute Gasteiger partial charge is 0.393 e. The average Bonchev–Trinajstić information content (AvgIpc) is 2.84. The van der Waals surface area contributed by atoms with Gasteiger partial charge in [-0.25, -0.2) is 0 Å². The molecule has 3 nitrogen and oxygen atoms in total. The number of carbonyl (C=O) groups excluding carboxylic acids is 1. The third-order valence-electron chi connectivity index (χ3n) is 8.08. The fourth-order valence-corrected chi connectivity index (χ4v) is 6.98. The number of ketones is 1. The van der Waals surface area contributed by atoms with Gasteiger partial charge in [0.05, 0.1) is 12.7 Å². The second-order valence-electron chi connectivity index (χ2n) is 9.03. The normalized spacial score (nSPS) is 49.4. The zero-order valence-corrected chi connectivity index (χ0v) is 14.9. The summed E-state index contributed by atoms with van der Waals surface area (Å²) in [5.41, 5.74) is 2.71. The van der Waals surface area contributed by atoms with E-state index in [9.17, 15) is 15.0 Å². The zero-order valence-electron chi connectivity index (χ0n) is 14.9. The molecule has 4 aliphatic carbocycles. The van der Waals surface area contributed by atoms with Crippen molar-refractivity contribution in [1.29, 1.82) is 0 Å². The molecule has 24 heavy (non-hydrogen) atoms. The number of hydrogen-bond donors (Lipinski definition) is 2. The summed E-state index contributed by atoms with van der Waals surface area (Å²) < 4.78 is 0. The fraction of sp³-hybridized carbons (Fsp3) is 0.762. The van der Waals surface area contributed by atoms with Gasteiger partial charge >= 0.3 is 0 Å². The molecule has 3 heteroatoms. The lowest BCUT2D eigenvalue weighted by Crippen LogP contribution is -2.55. The van der Waals surface area contributed by atoms with Crippen LogP contribution >= 0.6 is 0 Å². The molecule has 0 saturated heterocycles. The van der Waals surface area contributed by atoms with Crippen molar-refractivity contribution in [3.05, 3.63) is 23.3 Å². The molecule has 0 spiro atoms. The Morgan fingerprint density at radius 1 is 1.21 bits per heavy atom. The van der Waals surface area contributed by atoms with E-state index in [1.807, 2.05) is 12.2 Å². The average molecular weight is 330 g/mol. The summed E-state index contributed by atoms with van der Waals surface area (Å²) in [4.78, 5) is 11.9. The molecule has 132 valence electrons. The van der Waals surface area contributed by atoms with Crippen LogP contribution in [0.1, 0.15) is 58.8 Å². The second-order valence-corrected chi connectivity index (χ2v) is 9.03. The predicted octanol–water partition coefficient (Wildman–Crippen LogP) is 3.41. The van der Waals surface area contributed by atoms with E-state index < -0.39 is 0 Å². The molecule has 0 heterocycles. The summed E-state index contributed by atoms with van der Waals surface area (Å²) in [5.74, 6) is 1.71. The Morgan fingerprint density at radius 2 is 2.00 bits per heavy atom. The summed E-state index contributed by atoms with van der Waals surface area (Å²) >= 11 is 0. The van der Waals surface area contributed by atoms with Crippen LogP contribution in [0.2, 0.25) is 0 Å². The van der Waals surface area contributed by atoms with Gasteiger partial charge in [-0.05, 0) is 73.2 Å². The van der Waals surface area contributed by atoms with Crippen LogP contribution in [0.5, 0.6) is 0 Å². The Labute approximate surface area is 144 Å². The quantitative estimate of drug-likeness (QED) is 0.725. The molecular weight excluding hydrogens is 300 g/mol. The van der Waals surface area contributed by atoms with Crippen LogP contribution < -0.4 is 0 Å². The van der Waals surface area contributed by atoms with E-state index in [0.717, 1.165) is 32.1 Å². The monoisotopic (exact) mass is 330 g/mol. The molecule has 0 aromatic rings. The lowest BCUT2D eigenvalue weighted by Gasteiger charge is -2.59. The predicted molar refractivity (Wildman–Crippen MR) is 93.3 cm³/mol. The van der Waals surface area contributed by atoms with Gasteiger partial charge in [0.1, 0.15) is 0 Å². The topological polar surface area (TPSA) is 57.5 Å². The highest BCUT2D eigenvalue weighted by Gasteiger charge is 2.60. The van der Waals surface area contributed by atoms with Crippen LogP contribution in [0.25, 0.3) is 0 Å². The molecule has 3 fully saturated rings. The van der Waals surface area contributed by atoms with Gasteiger partial charge in [-0.2, -0.15) is 0 Å². The highest BCUT2D eigenvalue weighted by atomic mass is 16.3. The van der Waals surface area contributed by atoms with E-state index in [4.69, 9.17) is 0 Å². The van der Waals surface area contributed by atoms with Crippen molar-refractivity contribution < 1.29 is 15.0 Å². The maximum Gasteiger partial charge on any atom is 0.155 e. The maximum absolute atomic E-state index is 11.9. The molecule has 0 aliphatic heterocycles. The van der Waals surface area contributed by atoms with E-state index in [1.165, 1.54) is 17.6 Å². The number of rotatable bonds is 1. The van der Waals surface area contributed by atoms with Gasteiger partial charge in [-0.3, -0.25) is 4.79 Å². The van der Waals surface area contributed by atoms with Gasteiger partial charge < -0.3 is 10.2 Å². The first-order chi connectivity index (χ1) is 11.4. The van der Waals surface area contributed by atoms with Crippen molar-refractivity contribution in [1.82, 2.24) is 0 Å². The van der Waals surface area contributed by atoms with E-state index >= 15 is 0 Å². The summed E-state index contributed by atoms with van der Waals surface area (Å²) in [5, 5.41) is 20.5. The number of carbonyl (C=O) groups is 1. The van der Waals surface area contributed by atoms with Crippen molar-refractivity contribution >= 4 is 5.78 Å². The maximum atomic E-state index is 11.9. The minimum atomic E-state index is -0.307. The van der Waals surface area contributed by atoms with Crippen LogP contribution in [0.4, 0.5) is 0 Å². The van der Waals surface area contributed by atoms with E-state index in [0.29, 0.717) is 18.3 Å². The zero-order chi connectivity index (χ0) is 17.1. The van der Waals surface area contributed by atoms with Gasteiger partial charge in [0.2, 0.25) is 0 Å². The molecule has 6 atom stereocenters. The molecule has 0 bridgehead atoms. The highest BCUT2D eigenvalue weighted by Crippen LogP contribution is 2.66. The molecule has 3 saturated carbocycles. The van der Waals surface area contributed by atoms with Crippen LogP contribution in [0.3, 0.4) is 0 Å². The third kappa shape index (κ3) is 2.13. The van der Waals surface area contributed by atoms with Crippen LogP contribution in [0.15, 0.2) is 23.3 Å². The molecule has 4 aliphatic rings. The van der Waals surface area contributed by atoms with Crippen molar-refractivity contribution in [2.24, 2.45) is 28.6 Å². The molecular formula is C21H30O3. The second kappa shape index (κ2) is 5.54. The smallest absolute Gasteiger partial charge is 0.155 e. The Morgan fingerprint density at radius 3 is 2.75 bits per heavy atom. The first-order valence-corrected chi connectivity index (χ1v) is 9.62. The van der Waals surface area contributed by atoms with Gasteiger partial charge in [-0.1, -0.05) is 31.1 Å². The molecule has 0 aromatic heterocycles. The summed E-state index contributed by atoms with van der Waals surface area (Å²) in [6.45, 7) is 4.71. The Balaban J connectivity index is 1.72. The first-order valence-electron chi connectivity index (χ1n) is 9.62. The molecule has 4 rings (SSSR count). The third-order valence-corrected chi connectivity index (χ3v) is 8.08. The minimum Gasteiger partial charge on any atom is -0.393 e. The van der Waals surface area contributed by atoms with E-state index in [-0.39, 0.29) is 35.2 Å². The number of aliphatic hydroxyl groups is 2. The number of hydrogen-bond acceptors (Lipinski definition) is 3. The van der Waals surface area contributed by atoms with Crippen LogP contribution in [-0.2, 0) is 4.79 Å². The number of allylic oxidation sites excluding steroid dienone is 2. The lowest BCUT2D eigenvalue weighted by atomic mass is 9.46. The van der Waals surface area contributed by atoms with Crippen molar-refractivity contribution in [3.8, 4) is 0 Å². The van der Waals surface area contributed by atoms with Crippen LogP contribution in [0, 0.1) is 28.6 Å². The Bertz CT molecular complexity index is 619. The summed E-state index contributed by atoms with van der Waals surface area (Å²) in [7, 11) is 0.